The molecule has 1 aromatic carbocycles. The zero-order valence-corrected chi connectivity index (χ0v) is 11.7. The monoisotopic (exact) mass is 318 g/mol. The summed E-state index contributed by atoms with van der Waals surface area (Å²) >= 11 is 3.14. The Hall–Kier alpha value is -1.18. The number of aliphatic hydroxyl groups excluding tert-OH is 1. The Morgan fingerprint density at radius 2 is 2.22 bits per heavy atom. The second-order valence-corrected chi connectivity index (χ2v) is 5.04. The average molecular weight is 319 g/mol. The van der Waals surface area contributed by atoms with E-state index in [1.165, 1.54) is 13.2 Å². The molecule has 7 heteroatoms. The zero-order valence-electron chi connectivity index (χ0n) is 10.1. The van der Waals surface area contributed by atoms with Gasteiger partial charge in [-0.3, -0.25) is 10.1 Å². The first-order chi connectivity index (χ1) is 8.39. The molecule has 1 rings (SSSR count). The maximum Gasteiger partial charge on any atom is 0.287 e. The van der Waals surface area contributed by atoms with E-state index in [-0.39, 0.29) is 18.8 Å². The summed E-state index contributed by atoms with van der Waals surface area (Å²) in [6, 6.07) is 2.89. The molecule has 6 nitrogen and oxygen atoms in total. The van der Waals surface area contributed by atoms with E-state index in [9.17, 15) is 15.2 Å². The lowest BCUT2D eigenvalue weighted by Crippen LogP contribution is -2.36. The number of hydrogen-bond donors (Lipinski definition) is 2. The average Bonchev–Trinajstić information content (AvgIpc) is 2.37. The Morgan fingerprint density at radius 3 is 2.61 bits per heavy atom. The summed E-state index contributed by atoms with van der Waals surface area (Å²) in [6.45, 7) is 1.79. The number of nitro benzene ring substituents is 1. The third-order valence-electron chi connectivity index (χ3n) is 2.92. The molecule has 18 heavy (non-hydrogen) atoms. The van der Waals surface area contributed by atoms with E-state index in [0.717, 1.165) is 0 Å². The molecule has 100 valence electrons. The van der Waals surface area contributed by atoms with Gasteiger partial charge in [0.1, 0.15) is 5.75 Å². The minimum absolute atomic E-state index is 0.0899. The van der Waals surface area contributed by atoms with Crippen molar-refractivity contribution >= 4 is 21.6 Å². The largest absolute Gasteiger partial charge is 0.496 e. The Balaban J connectivity index is 3.46. The van der Waals surface area contributed by atoms with Crippen LogP contribution in [0.2, 0.25) is 0 Å². The number of hydrogen-bond acceptors (Lipinski definition) is 5. The fraction of sp³-hybridized carbons (Fsp3) is 0.455. The number of halogens is 1. The van der Waals surface area contributed by atoms with Gasteiger partial charge in [-0.05, 0) is 22.0 Å². The maximum absolute atomic E-state index is 10.8. The molecule has 0 saturated heterocycles. The lowest BCUT2D eigenvalue weighted by atomic mass is 9.82. The number of aliphatic hydroxyl groups is 1. The lowest BCUT2D eigenvalue weighted by molar-refractivity contribution is -0.385. The first-order valence-electron chi connectivity index (χ1n) is 5.23. The van der Waals surface area contributed by atoms with Crippen LogP contribution < -0.4 is 10.5 Å². The summed E-state index contributed by atoms with van der Waals surface area (Å²) in [7, 11) is 1.42. The van der Waals surface area contributed by atoms with Crippen LogP contribution in [0.3, 0.4) is 0 Å². The van der Waals surface area contributed by atoms with Crippen LogP contribution >= 0.6 is 15.9 Å². The fourth-order valence-corrected chi connectivity index (χ4v) is 2.07. The molecule has 0 aliphatic heterocycles. The van der Waals surface area contributed by atoms with E-state index in [0.29, 0.717) is 15.8 Å². The van der Waals surface area contributed by atoms with Crippen LogP contribution in [0.15, 0.2) is 16.6 Å². The molecule has 1 atom stereocenters. The molecule has 0 amide bonds. The molecule has 1 unspecified atom stereocenters. The van der Waals surface area contributed by atoms with Crippen molar-refractivity contribution in [3.05, 3.63) is 32.3 Å². The van der Waals surface area contributed by atoms with E-state index in [4.69, 9.17) is 10.5 Å². The van der Waals surface area contributed by atoms with Crippen molar-refractivity contribution in [2.45, 2.75) is 12.3 Å². The van der Waals surface area contributed by atoms with E-state index < -0.39 is 10.3 Å². The summed E-state index contributed by atoms with van der Waals surface area (Å²) in [6.07, 6.45) is 0. The molecule has 0 heterocycles. The van der Waals surface area contributed by atoms with Crippen LogP contribution in [0.5, 0.6) is 5.75 Å². The van der Waals surface area contributed by atoms with Gasteiger partial charge >= 0.3 is 0 Å². The van der Waals surface area contributed by atoms with Crippen molar-refractivity contribution in [3.8, 4) is 5.75 Å². The summed E-state index contributed by atoms with van der Waals surface area (Å²) in [5.74, 6) is 0.340. The first-order valence-corrected chi connectivity index (χ1v) is 6.02. The summed E-state index contributed by atoms with van der Waals surface area (Å²) < 4.78 is 5.48. The predicted molar refractivity (Wildman–Crippen MR) is 70.8 cm³/mol. The Kier molecular flexibility index (Phi) is 4.66. The van der Waals surface area contributed by atoms with Gasteiger partial charge in [0.2, 0.25) is 0 Å². The SMILES string of the molecule is COc1cc([N+](=O)[O-])c(Br)cc1C(C)(CN)CO. The number of methoxy groups -OCH3 is 1. The molecular weight excluding hydrogens is 304 g/mol. The van der Waals surface area contributed by atoms with Gasteiger partial charge in [0.15, 0.2) is 0 Å². The fourth-order valence-electron chi connectivity index (χ4n) is 1.58. The molecular formula is C11H15BrN2O4. The van der Waals surface area contributed by atoms with Gasteiger partial charge in [-0.15, -0.1) is 0 Å². The molecule has 0 saturated carbocycles. The predicted octanol–water partition coefficient (Wildman–Crippen LogP) is 1.57. The Labute approximate surface area is 113 Å². The smallest absolute Gasteiger partial charge is 0.287 e. The number of benzene rings is 1. The van der Waals surface area contributed by atoms with Crippen molar-refractivity contribution in [3.63, 3.8) is 0 Å². The minimum atomic E-state index is -0.705. The molecule has 1 aromatic rings. The standard InChI is InChI=1S/C11H15BrN2O4/c1-11(5-13,6-15)7-3-8(12)9(14(16)17)4-10(7)18-2/h3-4,15H,5-6,13H2,1-2H3. The van der Waals surface area contributed by atoms with Crippen LogP contribution in [-0.2, 0) is 5.41 Å². The van der Waals surface area contributed by atoms with E-state index in [1.807, 2.05) is 0 Å². The Bertz CT molecular complexity index is 461. The van der Waals surface area contributed by atoms with Crippen LogP contribution in [0.4, 0.5) is 5.69 Å². The van der Waals surface area contributed by atoms with E-state index >= 15 is 0 Å². The van der Waals surface area contributed by atoms with Crippen molar-refractivity contribution in [2.75, 3.05) is 20.3 Å². The zero-order chi connectivity index (χ0) is 13.9. The third kappa shape index (κ3) is 2.63. The Morgan fingerprint density at radius 1 is 1.61 bits per heavy atom. The van der Waals surface area contributed by atoms with Crippen LogP contribution in [0, 0.1) is 10.1 Å². The minimum Gasteiger partial charge on any atom is -0.496 e. The van der Waals surface area contributed by atoms with Gasteiger partial charge in [0.05, 0.1) is 29.2 Å². The number of ether oxygens (including phenoxy) is 1. The molecule has 0 radical (unpaired) electrons. The van der Waals surface area contributed by atoms with Gasteiger partial charge in [-0.25, -0.2) is 0 Å². The quantitative estimate of drug-likeness (QED) is 0.634. The molecule has 0 aliphatic rings. The topological polar surface area (TPSA) is 98.6 Å². The van der Waals surface area contributed by atoms with Crippen LogP contribution in [0.1, 0.15) is 12.5 Å². The van der Waals surface area contributed by atoms with Gasteiger partial charge in [-0.1, -0.05) is 6.92 Å². The number of nitrogens with two attached hydrogens (primary N) is 1. The highest BCUT2D eigenvalue weighted by Crippen LogP contribution is 2.38. The van der Waals surface area contributed by atoms with Crippen LogP contribution in [-0.4, -0.2) is 30.3 Å². The second kappa shape index (κ2) is 5.64. The van der Waals surface area contributed by atoms with Crippen molar-refractivity contribution in [1.29, 1.82) is 0 Å². The summed E-state index contributed by atoms with van der Waals surface area (Å²) in [5, 5.41) is 20.3. The van der Waals surface area contributed by atoms with Crippen LogP contribution in [0.25, 0.3) is 0 Å². The van der Waals surface area contributed by atoms with Crippen molar-refractivity contribution in [1.82, 2.24) is 0 Å². The van der Waals surface area contributed by atoms with Gasteiger partial charge in [-0.2, -0.15) is 0 Å². The summed E-state index contributed by atoms with van der Waals surface area (Å²) in [5.41, 5.74) is 5.49. The molecule has 0 bridgehead atoms. The highest BCUT2D eigenvalue weighted by molar-refractivity contribution is 9.10. The maximum atomic E-state index is 10.8. The summed E-state index contributed by atoms with van der Waals surface area (Å²) in [4.78, 5) is 10.3. The van der Waals surface area contributed by atoms with Gasteiger partial charge in [0.25, 0.3) is 5.69 Å². The molecule has 0 aliphatic carbocycles. The van der Waals surface area contributed by atoms with Crippen molar-refractivity contribution < 1.29 is 14.8 Å². The van der Waals surface area contributed by atoms with Gasteiger partial charge in [0, 0.05) is 17.5 Å². The van der Waals surface area contributed by atoms with E-state index in [2.05, 4.69) is 15.9 Å². The number of nitro groups is 1. The van der Waals surface area contributed by atoms with Crippen molar-refractivity contribution in [2.24, 2.45) is 5.73 Å². The molecule has 0 fully saturated rings. The lowest BCUT2D eigenvalue weighted by Gasteiger charge is -2.27. The normalized spacial score (nSPS) is 14.1. The number of nitrogens with zero attached hydrogens (tertiary/aromatic N) is 1. The van der Waals surface area contributed by atoms with Gasteiger partial charge < -0.3 is 15.6 Å². The number of rotatable bonds is 5. The third-order valence-corrected chi connectivity index (χ3v) is 3.55. The first kappa shape index (κ1) is 14.9. The van der Waals surface area contributed by atoms with E-state index in [1.54, 1.807) is 13.0 Å². The molecule has 0 aromatic heterocycles. The second-order valence-electron chi connectivity index (χ2n) is 4.18. The highest BCUT2D eigenvalue weighted by atomic mass is 79.9. The molecule has 3 N–H and O–H groups in total. The molecule has 0 spiro atoms. The highest BCUT2D eigenvalue weighted by Gasteiger charge is 2.30.